The van der Waals surface area contributed by atoms with Gasteiger partial charge in [0.05, 0.1) is 0 Å². The van der Waals surface area contributed by atoms with Gasteiger partial charge in [-0.3, -0.25) is 24.0 Å². The van der Waals surface area contributed by atoms with Crippen molar-refractivity contribution in [3.8, 4) is 0 Å². The van der Waals surface area contributed by atoms with Crippen LogP contribution < -0.4 is 0 Å². The standard InChI is InChI=1S/C36H62O11/c1-6-11-16-21-26(37)31(42)32-33(43,27(38)22-17-12-7-2)34(44,28(39)23-18-13-8-3)35(45,29(40)24-19-14-9-4)36(46,47-32)30(41)25-20-15-10-5/h31-32,42-46H,6-25H2,1-5H3/t31?,32-,33-,34+,35-,36?/m1/s1. The quantitative estimate of drug-likeness (QED) is 0.0820. The molecule has 47 heavy (non-hydrogen) atoms. The van der Waals surface area contributed by atoms with Crippen LogP contribution in [0.1, 0.15) is 163 Å². The summed E-state index contributed by atoms with van der Waals surface area (Å²) in [5.41, 5.74) is -11.3. The first-order valence-electron chi connectivity index (χ1n) is 18.1. The summed E-state index contributed by atoms with van der Waals surface area (Å²) in [7, 11) is 0. The molecule has 11 heteroatoms. The second-order valence-electron chi connectivity index (χ2n) is 13.3. The number of aliphatic hydroxyl groups excluding tert-OH is 1. The molecule has 0 aromatic heterocycles. The highest BCUT2D eigenvalue weighted by molar-refractivity contribution is 6.11. The van der Waals surface area contributed by atoms with E-state index in [1.54, 1.807) is 0 Å². The zero-order valence-electron chi connectivity index (χ0n) is 29.5. The van der Waals surface area contributed by atoms with Crippen molar-refractivity contribution in [3.05, 3.63) is 0 Å². The van der Waals surface area contributed by atoms with Crippen LogP contribution in [0.2, 0.25) is 0 Å². The van der Waals surface area contributed by atoms with Gasteiger partial charge in [0, 0.05) is 32.1 Å². The Morgan fingerprint density at radius 3 is 1.26 bits per heavy atom. The molecule has 0 amide bonds. The summed E-state index contributed by atoms with van der Waals surface area (Å²) < 4.78 is 5.69. The fourth-order valence-corrected chi connectivity index (χ4v) is 6.54. The highest BCUT2D eigenvalue weighted by Gasteiger charge is 2.85. The first-order valence-corrected chi connectivity index (χ1v) is 18.1. The topological polar surface area (TPSA) is 196 Å². The van der Waals surface area contributed by atoms with E-state index in [9.17, 15) is 49.5 Å². The zero-order valence-corrected chi connectivity index (χ0v) is 29.5. The van der Waals surface area contributed by atoms with Gasteiger partial charge >= 0.3 is 0 Å². The maximum Gasteiger partial charge on any atom is 0.267 e. The van der Waals surface area contributed by atoms with Crippen LogP contribution >= 0.6 is 0 Å². The molecular formula is C36H62O11. The molecule has 6 atom stereocenters. The molecule has 0 aromatic carbocycles. The zero-order chi connectivity index (χ0) is 35.9. The molecule has 1 aliphatic heterocycles. The van der Waals surface area contributed by atoms with E-state index in [0.717, 1.165) is 6.42 Å². The molecule has 272 valence electrons. The van der Waals surface area contributed by atoms with Gasteiger partial charge in [-0.2, -0.15) is 0 Å². The average Bonchev–Trinajstić information content (AvgIpc) is 3.05. The van der Waals surface area contributed by atoms with Gasteiger partial charge in [-0.05, 0) is 32.1 Å². The predicted molar refractivity (Wildman–Crippen MR) is 176 cm³/mol. The molecule has 0 aliphatic carbocycles. The van der Waals surface area contributed by atoms with E-state index < -0.39 is 89.4 Å². The largest absolute Gasteiger partial charge is 0.382 e. The van der Waals surface area contributed by atoms with Crippen LogP contribution in [0.5, 0.6) is 0 Å². The van der Waals surface area contributed by atoms with E-state index in [0.29, 0.717) is 64.2 Å². The van der Waals surface area contributed by atoms with E-state index in [4.69, 9.17) is 4.74 Å². The molecule has 0 bridgehead atoms. The van der Waals surface area contributed by atoms with Gasteiger partial charge in [0.1, 0.15) is 12.2 Å². The maximum absolute atomic E-state index is 14.3. The van der Waals surface area contributed by atoms with Crippen molar-refractivity contribution >= 4 is 28.9 Å². The lowest BCUT2D eigenvalue weighted by Crippen LogP contribution is -2.92. The smallest absolute Gasteiger partial charge is 0.267 e. The van der Waals surface area contributed by atoms with Crippen molar-refractivity contribution in [2.24, 2.45) is 0 Å². The lowest BCUT2D eigenvalue weighted by molar-refractivity contribution is -0.396. The molecule has 0 spiro atoms. The Hall–Kier alpha value is -1.89. The molecule has 0 saturated carbocycles. The van der Waals surface area contributed by atoms with Crippen LogP contribution in [-0.4, -0.2) is 89.2 Å². The number of rotatable bonds is 26. The normalized spacial score (nSPS) is 28.2. The van der Waals surface area contributed by atoms with Gasteiger partial charge in [-0.1, -0.05) is 98.8 Å². The van der Waals surface area contributed by atoms with Crippen LogP contribution in [0.25, 0.3) is 0 Å². The minimum atomic E-state index is -3.86. The Bertz CT molecular complexity index is 1040. The summed E-state index contributed by atoms with van der Waals surface area (Å²) in [5, 5.41) is 61.4. The summed E-state index contributed by atoms with van der Waals surface area (Å²) >= 11 is 0. The Labute approximate surface area is 280 Å². The molecule has 2 unspecified atom stereocenters. The van der Waals surface area contributed by atoms with Gasteiger partial charge in [0.2, 0.25) is 11.2 Å². The Balaban J connectivity index is 4.22. The van der Waals surface area contributed by atoms with Crippen LogP contribution in [0.4, 0.5) is 0 Å². The SMILES string of the molecule is CCCCCC(=O)C(O)[C@H]1OC(O)(C(=O)CCCCC)[C@@](O)(C(=O)CCCCC)[C@](O)(C(=O)CCCCC)[C@@]1(O)C(=O)CCCCC. The highest BCUT2D eigenvalue weighted by atomic mass is 16.7. The second kappa shape index (κ2) is 19.9. The van der Waals surface area contributed by atoms with Gasteiger partial charge < -0.3 is 30.3 Å². The lowest BCUT2D eigenvalue weighted by Gasteiger charge is -2.61. The average molecular weight is 671 g/mol. The van der Waals surface area contributed by atoms with Crippen molar-refractivity contribution in [1.82, 2.24) is 0 Å². The van der Waals surface area contributed by atoms with Crippen LogP contribution in [0.3, 0.4) is 0 Å². The van der Waals surface area contributed by atoms with Crippen LogP contribution in [-0.2, 0) is 28.7 Å². The van der Waals surface area contributed by atoms with Gasteiger partial charge in [-0.15, -0.1) is 0 Å². The minimum Gasteiger partial charge on any atom is -0.382 e. The summed E-state index contributed by atoms with van der Waals surface area (Å²) in [6.07, 6.45) is -0.481. The Kier molecular flexibility index (Phi) is 18.3. The minimum absolute atomic E-state index is 0.116. The van der Waals surface area contributed by atoms with Crippen LogP contribution in [0, 0.1) is 0 Å². The number of aliphatic hydroxyl groups is 5. The Morgan fingerprint density at radius 2 is 0.851 bits per heavy atom. The van der Waals surface area contributed by atoms with Gasteiger partial charge in [0.15, 0.2) is 34.5 Å². The fourth-order valence-electron chi connectivity index (χ4n) is 6.54. The van der Waals surface area contributed by atoms with E-state index in [2.05, 4.69) is 0 Å². The van der Waals surface area contributed by atoms with E-state index >= 15 is 0 Å². The van der Waals surface area contributed by atoms with Crippen molar-refractivity contribution in [2.45, 2.75) is 198 Å². The molecule has 1 fully saturated rings. The third-order valence-corrected chi connectivity index (χ3v) is 9.56. The first kappa shape index (κ1) is 43.1. The molecule has 0 aromatic rings. The highest BCUT2D eigenvalue weighted by Crippen LogP contribution is 2.53. The van der Waals surface area contributed by atoms with Crippen molar-refractivity contribution in [3.63, 3.8) is 0 Å². The van der Waals surface area contributed by atoms with Gasteiger partial charge in [0.25, 0.3) is 5.79 Å². The number of hydrogen-bond acceptors (Lipinski definition) is 11. The molecule has 1 rings (SSSR count). The molecule has 1 heterocycles. The fraction of sp³-hybridized carbons (Fsp3) is 0.861. The number of ether oxygens (including phenoxy) is 1. The van der Waals surface area contributed by atoms with E-state index in [1.165, 1.54) is 0 Å². The first-order chi connectivity index (χ1) is 22.2. The number of Topliss-reactive ketones (excluding diaryl/α,β-unsaturated/α-hetero) is 5. The predicted octanol–water partition coefficient (Wildman–Crippen LogP) is 4.38. The molecule has 1 saturated heterocycles. The third-order valence-electron chi connectivity index (χ3n) is 9.56. The number of hydrogen-bond donors (Lipinski definition) is 5. The van der Waals surface area contributed by atoms with E-state index in [1.807, 2.05) is 34.6 Å². The number of carbonyl (C=O) groups excluding carboxylic acids is 5. The van der Waals surface area contributed by atoms with Crippen molar-refractivity contribution < 1.29 is 54.2 Å². The monoisotopic (exact) mass is 670 g/mol. The summed E-state index contributed by atoms with van der Waals surface area (Å²) in [5.74, 6) is -9.90. The molecule has 5 N–H and O–H groups in total. The number of carbonyl (C=O) groups is 5. The van der Waals surface area contributed by atoms with Crippen molar-refractivity contribution in [1.29, 1.82) is 0 Å². The summed E-state index contributed by atoms with van der Waals surface area (Å²) in [6.45, 7) is 9.31. The maximum atomic E-state index is 14.3. The third kappa shape index (κ3) is 9.02. The summed E-state index contributed by atoms with van der Waals surface area (Å²) in [6, 6.07) is 0. The van der Waals surface area contributed by atoms with E-state index in [-0.39, 0.29) is 32.1 Å². The summed E-state index contributed by atoms with van der Waals surface area (Å²) in [4.78, 5) is 69.8. The van der Waals surface area contributed by atoms with Crippen LogP contribution in [0.15, 0.2) is 0 Å². The van der Waals surface area contributed by atoms with Gasteiger partial charge in [-0.25, -0.2) is 0 Å². The molecule has 11 nitrogen and oxygen atoms in total. The van der Waals surface area contributed by atoms with Crippen molar-refractivity contribution in [2.75, 3.05) is 0 Å². The molecule has 0 radical (unpaired) electrons. The molecular weight excluding hydrogens is 608 g/mol. The lowest BCUT2D eigenvalue weighted by atomic mass is 9.55. The number of unbranched alkanes of at least 4 members (excludes halogenated alkanes) is 10. The molecule has 1 aliphatic rings. The Morgan fingerprint density at radius 1 is 0.511 bits per heavy atom. The number of ketones is 5. The second-order valence-corrected chi connectivity index (χ2v) is 13.3.